The lowest BCUT2D eigenvalue weighted by atomic mass is 10.3. The van der Waals surface area contributed by atoms with Crippen LogP contribution in [0.5, 0.6) is 0 Å². The molecule has 0 bridgehead atoms. The maximum Gasteiger partial charge on any atom is 0.0594 e. The highest BCUT2D eigenvalue weighted by Crippen LogP contribution is 1.95. The van der Waals surface area contributed by atoms with E-state index in [9.17, 15) is 0 Å². The number of ether oxygens (including phenoxy) is 1. The van der Waals surface area contributed by atoms with Gasteiger partial charge in [0.15, 0.2) is 0 Å². The number of nitrogens with zero attached hydrogens (tertiary/aromatic N) is 1. The Bertz CT molecular complexity index is 129. The molecule has 3 nitrogen and oxygen atoms in total. The summed E-state index contributed by atoms with van der Waals surface area (Å²) in [5, 5.41) is 3.43. The Balaban J connectivity index is 1.82. The van der Waals surface area contributed by atoms with Crippen LogP contribution in [-0.4, -0.2) is 56.7 Å². The second-order valence-electron chi connectivity index (χ2n) is 3.60. The molecule has 0 spiro atoms. The van der Waals surface area contributed by atoms with Crippen LogP contribution in [0.3, 0.4) is 0 Å². The van der Waals surface area contributed by atoms with Crippen LogP contribution in [-0.2, 0) is 4.74 Å². The monoisotopic (exact) mass is 220 g/mol. The Morgan fingerprint density at radius 2 is 1.93 bits per heavy atom. The summed E-state index contributed by atoms with van der Waals surface area (Å²) in [4.78, 5) is 2.44. The molecule has 1 heterocycles. The zero-order valence-electron chi connectivity index (χ0n) is 8.80. The van der Waals surface area contributed by atoms with Crippen LogP contribution in [0.2, 0.25) is 0 Å². The largest absolute Gasteiger partial charge is 0.379 e. The van der Waals surface area contributed by atoms with Gasteiger partial charge in [0, 0.05) is 32.1 Å². The minimum atomic E-state index is 0.783. The van der Waals surface area contributed by atoms with Crippen LogP contribution in [0.4, 0.5) is 0 Å². The van der Waals surface area contributed by atoms with Crippen molar-refractivity contribution in [2.24, 2.45) is 0 Å². The lowest BCUT2D eigenvalue weighted by Gasteiger charge is -2.26. The number of morpholine rings is 1. The number of hydrogen-bond acceptors (Lipinski definition) is 3. The maximum absolute atomic E-state index is 5.59. The first-order valence-electron chi connectivity index (χ1n) is 5.50. The van der Waals surface area contributed by atoms with Crippen LogP contribution in [0.15, 0.2) is 0 Å². The SMILES string of the molecule is ClCCCCNCCN1CCOCC1. The molecular formula is C10H21ClN2O. The fraction of sp³-hybridized carbons (Fsp3) is 1.00. The molecule has 1 fully saturated rings. The molecule has 0 atom stereocenters. The average Bonchev–Trinajstić information content (AvgIpc) is 2.25. The van der Waals surface area contributed by atoms with Crippen molar-refractivity contribution in [2.75, 3.05) is 51.8 Å². The van der Waals surface area contributed by atoms with Crippen LogP contribution in [0, 0.1) is 0 Å². The summed E-state index contributed by atoms with van der Waals surface area (Å²) in [6.07, 6.45) is 2.30. The summed E-state index contributed by atoms with van der Waals surface area (Å²) in [6.45, 7) is 7.29. The van der Waals surface area contributed by atoms with Gasteiger partial charge in [-0.2, -0.15) is 0 Å². The van der Waals surface area contributed by atoms with Crippen molar-refractivity contribution < 1.29 is 4.74 Å². The predicted molar refractivity (Wildman–Crippen MR) is 60.1 cm³/mol. The number of rotatable bonds is 7. The highest BCUT2D eigenvalue weighted by Gasteiger charge is 2.08. The van der Waals surface area contributed by atoms with E-state index in [2.05, 4.69) is 10.2 Å². The second kappa shape index (κ2) is 8.48. The molecule has 14 heavy (non-hydrogen) atoms. The van der Waals surface area contributed by atoms with Gasteiger partial charge in [-0.05, 0) is 19.4 Å². The lowest BCUT2D eigenvalue weighted by Crippen LogP contribution is -2.40. The first-order chi connectivity index (χ1) is 6.93. The third-order valence-corrected chi connectivity index (χ3v) is 2.71. The minimum absolute atomic E-state index is 0.783. The lowest BCUT2D eigenvalue weighted by molar-refractivity contribution is 0.0384. The number of unbranched alkanes of at least 4 members (excludes halogenated alkanes) is 1. The van der Waals surface area contributed by atoms with Gasteiger partial charge in [0.1, 0.15) is 0 Å². The first-order valence-corrected chi connectivity index (χ1v) is 6.03. The molecule has 1 rings (SSSR count). The van der Waals surface area contributed by atoms with Gasteiger partial charge in [-0.15, -0.1) is 11.6 Å². The molecule has 0 aromatic heterocycles. The molecular weight excluding hydrogens is 200 g/mol. The van der Waals surface area contributed by atoms with E-state index < -0.39 is 0 Å². The van der Waals surface area contributed by atoms with Crippen LogP contribution in [0.1, 0.15) is 12.8 Å². The third kappa shape index (κ3) is 5.81. The van der Waals surface area contributed by atoms with Crippen LogP contribution < -0.4 is 5.32 Å². The predicted octanol–water partition coefficient (Wildman–Crippen LogP) is 0.927. The van der Waals surface area contributed by atoms with Crippen LogP contribution in [0.25, 0.3) is 0 Å². The normalized spacial score (nSPS) is 18.6. The number of hydrogen-bond donors (Lipinski definition) is 1. The zero-order valence-corrected chi connectivity index (χ0v) is 9.56. The van der Waals surface area contributed by atoms with E-state index >= 15 is 0 Å². The van der Waals surface area contributed by atoms with E-state index in [0.717, 1.165) is 58.2 Å². The van der Waals surface area contributed by atoms with Gasteiger partial charge in [-0.25, -0.2) is 0 Å². The summed E-state index contributed by atoms with van der Waals surface area (Å²) >= 11 is 5.59. The number of alkyl halides is 1. The van der Waals surface area contributed by atoms with Crippen molar-refractivity contribution in [1.29, 1.82) is 0 Å². The molecule has 1 aliphatic rings. The highest BCUT2D eigenvalue weighted by atomic mass is 35.5. The fourth-order valence-corrected chi connectivity index (χ4v) is 1.72. The van der Waals surface area contributed by atoms with Gasteiger partial charge in [0.05, 0.1) is 13.2 Å². The van der Waals surface area contributed by atoms with Crippen molar-refractivity contribution >= 4 is 11.6 Å². The average molecular weight is 221 g/mol. The van der Waals surface area contributed by atoms with Crippen molar-refractivity contribution in [3.8, 4) is 0 Å². The summed E-state index contributed by atoms with van der Waals surface area (Å²) in [5.41, 5.74) is 0. The number of nitrogens with one attached hydrogen (secondary N) is 1. The Labute approximate surface area is 91.7 Å². The van der Waals surface area contributed by atoms with E-state index in [1.54, 1.807) is 0 Å². The summed E-state index contributed by atoms with van der Waals surface area (Å²) in [6, 6.07) is 0. The molecule has 0 aromatic carbocycles. The molecule has 0 saturated carbocycles. The zero-order chi connectivity index (χ0) is 10.1. The summed E-state index contributed by atoms with van der Waals surface area (Å²) in [7, 11) is 0. The smallest absolute Gasteiger partial charge is 0.0594 e. The Hall–Kier alpha value is 0.170. The van der Waals surface area contributed by atoms with Gasteiger partial charge < -0.3 is 10.1 Å². The maximum atomic E-state index is 5.59. The van der Waals surface area contributed by atoms with Crippen molar-refractivity contribution in [3.63, 3.8) is 0 Å². The van der Waals surface area contributed by atoms with E-state index in [1.165, 1.54) is 6.42 Å². The number of halogens is 1. The van der Waals surface area contributed by atoms with Gasteiger partial charge >= 0.3 is 0 Å². The molecule has 0 amide bonds. The standard InChI is InChI=1S/C10H21ClN2O/c11-3-1-2-4-12-5-6-13-7-9-14-10-8-13/h12H,1-10H2. The summed E-state index contributed by atoms with van der Waals surface area (Å²) in [5.74, 6) is 0.783. The molecule has 1 aliphatic heterocycles. The van der Waals surface area contributed by atoms with Crippen molar-refractivity contribution in [2.45, 2.75) is 12.8 Å². The molecule has 84 valence electrons. The van der Waals surface area contributed by atoms with Crippen molar-refractivity contribution in [3.05, 3.63) is 0 Å². The van der Waals surface area contributed by atoms with E-state index in [-0.39, 0.29) is 0 Å². The van der Waals surface area contributed by atoms with Gasteiger partial charge in [-0.1, -0.05) is 0 Å². The molecule has 0 unspecified atom stereocenters. The third-order valence-electron chi connectivity index (χ3n) is 2.45. The highest BCUT2D eigenvalue weighted by molar-refractivity contribution is 6.17. The molecule has 0 radical (unpaired) electrons. The Morgan fingerprint density at radius 3 is 2.64 bits per heavy atom. The van der Waals surface area contributed by atoms with E-state index in [0.29, 0.717) is 0 Å². The molecule has 1 saturated heterocycles. The Morgan fingerprint density at radius 1 is 1.14 bits per heavy atom. The first kappa shape index (κ1) is 12.2. The minimum Gasteiger partial charge on any atom is -0.379 e. The molecule has 0 aliphatic carbocycles. The van der Waals surface area contributed by atoms with E-state index in [4.69, 9.17) is 16.3 Å². The molecule has 4 heteroatoms. The van der Waals surface area contributed by atoms with Gasteiger partial charge in [0.25, 0.3) is 0 Å². The fourth-order valence-electron chi connectivity index (χ4n) is 1.53. The van der Waals surface area contributed by atoms with Gasteiger partial charge in [0.2, 0.25) is 0 Å². The van der Waals surface area contributed by atoms with Gasteiger partial charge in [-0.3, -0.25) is 4.90 Å². The van der Waals surface area contributed by atoms with E-state index in [1.807, 2.05) is 0 Å². The Kier molecular flexibility index (Phi) is 7.41. The van der Waals surface area contributed by atoms with Crippen LogP contribution >= 0.6 is 11.6 Å². The van der Waals surface area contributed by atoms with Crippen molar-refractivity contribution in [1.82, 2.24) is 10.2 Å². The quantitative estimate of drug-likeness (QED) is 0.510. The second-order valence-corrected chi connectivity index (χ2v) is 3.98. The molecule has 0 aromatic rings. The molecule has 1 N–H and O–H groups in total. The summed E-state index contributed by atoms with van der Waals surface area (Å²) < 4.78 is 5.28. The topological polar surface area (TPSA) is 24.5 Å².